The molecule has 0 saturated heterocycles. The number of carbonyl (C=O) groups excluding carboxylic acids is 1. The van der Waals surface area contributed by atoms with Crippen LogP contribution in [0.15, 0.2) is 30.3 Å². The Hall–Kier alpha value is -1.32. The Kier molecular flexibility index (Phi) is 2.65. The van der Waals surface area contributed by atoms with Crippen molar-refractivity contribution in [2.45, 2.75) is 6.42 Å². The molecule has 2 heterocycles. The zero-order chi connectivity index (χ0) is 11.8. The summed E-state index contributed by atoms with van der Waals surface area (Å²) in [5, 5.41) is 3.59. The molecule has 0 atom stereocenters. The lowest BCUT2D eigenvalue weighted by molar-refractivity contribution is 0.0947. The highest BCUT2D eigenvalue weighted by atomic mass is 35.5. The fourth-order valence-corrected chi connectivity index (χ4v) is 3.24. The summed E-state index contributed by atoms with van der Waals surface area (Å²) < 4.78 is 0. The van der Waals surface area contributed by atoms with Gasteiger partial charge in [-0.15, -0.1) is 11.3 Å². The van der Waals surface area contributed by atoms with Crippen LogP contribution in [0.1, 0.15) is 15.2 Å². The van der Waals surface area contributed by atoms with Gasteiger partial charge in [0, 0.05) is 21.3 Å². The van der Waals surface area contributed by atoms with Crippen LogP contribution in [0.2, 0.25) is 5.02 Å². The molecular weight excluding hydrogens is 254 g/mol. The van der Waals surface area contributed by atoms with E-state index in [4.69, 9.17) is 11.6 Å². The van der Waals surface area contributed by atoms with E-state index in [0.717, 1.165) is 34.0 Å². The van der Waals surface area contributed by atoms with Gasteiger partial charge >= 0.3 is 0 Å². The van der Waals surface area contributed by atoms with Crippen molar-refractivity contribution in [3.05, 3.63) is 45.8 Å². The molecule has 1 N–H and O–H groups in total. The summed E-state index contributed by atoms with van der Waals surface area (Å²) in [7, 11) is 0. The maximum atomic E-state index is 11.7. The van der Waals surface area contributed by atoms with E-state index >= 15 is 0 Å². The molecule has 0 bridgehead atoms. The number of carbonyl (C=O) groups is 1. The third-order valence-corrected chi connectivity index (χ3v) is 4.32. The summed E-state index contributed by atoms with van der Waals surface area (Å²) in [6.45, 7) is 0.742. The van der Waals surface area contributed by atoms with E-state index in [1.165, 1.54) is 4.88 Å². The SMILES string of the molecule is O=C1NCCc2sc(-c3ccc(Cl)cc3)cc21. The van der Waals surface area contributed by atoms with E-state index in [9.17, 15) is 4.79 Å². The quantitative estimate of drug-likeness (QED) is 0.840. The number of hydrogen-bond donors (Lipinski definition) is 1. The minimum atomic E-state index is 0.0442. The summed E-state index contributed by atoms with van der Waals surface area (Å²) in [6, 6.07) is 9.68. The number of halogens is 1. The van der Waals surface area contributed by atoms with Gasteiger partial charge in [-0.3, -0.25) is 4.79 Å². The molecule has 1 amide bonds. The van der Waals surface area contributed by atoms with Crippen molar-refractivity contribution in [3.63, 3.8) is 0 Å². The Labute approximate surface area is 108 Å². The van der Waals surface area contributed by atoms with Gasteiger partial charge in [0.2, 0.25) is 0 Å². The molecule has 3 rings (SSSR count). The van der Waals surface area contributed by atoms with E-state index in [0.29, 0.717) is 0 Å². The van der Waals surface area contributed by atoms with Crippen molar-refractivity contribution in [2.75, 3.05) is 6.54 Å². The normalized spacial score (nSPS) is 14.3. The van der Waals surface area contributed by atoms with E-state index in [2.05, 4.69) is 5.32 Å². The molecule has 86 valence electrons. The highest BCUT2D eigenvalue weighted by molar-refractivity contribution is 7.15. The van der Waals surface area contributed by atoms with Gasteiger partial charge in [0.05, 0.1) is 5.56 Å². The summed E-state index contributed by atoms with van der Waals surface area (Å²) in [4.78, 5) is 14.0. The van der Waals surface area contributed by atoms with Gasteiger partial charge in [0.15, 0.2) is 0 Å². The monoisotopic (exact) mass is 263 g/mol. The van der Waals surface area contributed by atoms with Gasteiger partial charge in [0.25, 0.3) is 5.91 Å². The van der Waals surface area contributed by atoms with Crippen molar-refractivity contribution in [2.24, 2.45) is 0 Å². The molecule has 0 saturated carbocycles. The van der Waals surface area contributed by atoms with Crippen LogP contribution in [-0.2, 0) is 6.42 Å². The standard InChI is InChI=1S/C13H10ClNOS/c14-9-3-1-8(2-4-9)12-7-10-11(17-12)5-6-15-13(10)16/h1-4,7H,5-6H2,(H,15,16). The minimum absolute atomic E-state index is 0.0442. The second-order valence-corrected chi connectivity index (χ2v) is 5.53. The molecule has 1 aromatic heterocycles. The van der Waals surface area contributed by atoms with Gasteiger partial charge in [-0.05, 0) is 30.2 Å². The number of benzene rings is 1. The molecule has 2 aromatic rings. The number of amides is 1. The molecule has 0 spiro atoms. The van der Waals surface area contributed by atoms with Crippen molar-refractivity contribution in [3.8, 4) is 10.4 Å². The second-order valence-electron chi connectivity index (χ2n) is 3.96. The van der Waals surface area contributed by atoms with Crippen LogP contribution in [-0.4, -0.2) is 12.5 Å². The molecule has 0 unspecified atom stereocenters. The van der Waals surface area contributed by atoms with Gasteiger partial charge < -0.3 is 5.32 Å². The van der Waals surface area contributed by atoms with Crippen molar-refractivity contribution in [1.82, 2.24) is 5.32 Å². The Balaban J connectivity index is 2.05. The number of hydrogen-bond acceptors (Lipinski definition) is 2. The number of rotatable bonds is 1. The Morgan fingerprint density at radius 2 is 2.00 bits per heavy atom. The van der Waals surface area contributed by atoms with E-state index in [-0.39, 0.29) is 5.91 Å². The lowest BCUT2D eigenvalue weighted by Gasteiger charge is -2.10. The van der Waals surface area contributed by atoms with Crippen LogP contribution < -0.4 is 5.32 Å². The molecule has 1 aliphatic heterocycles. The van der Waals surface area contributed by atoms with Gasteiger partial charge in [-0.2, -0.15) is 0 Å². The maximum Gasteiger partial charge on any atom is 0.252 e. The Morgan fingerprint density at radius 3 is 2.71 bits per heavy atom. The first-order chi connectivity index (χ1) is 8.24. The van der Waals surface area contributed by atoms with E-state index in [1.807, 2.05) is 30.3 Å². The third kappa shape index (κ3) is 1.96. The molecule has 1 aromatic carbocycles. The van der Waals surface area contributed by atoms with Crippen LogP contribution in [0.25, 0.3) is 10.4 Å². The predicted octanol–water partition coefficient (Wildman–Crippen LogP) is 3.35. The first kappa shape index (κ1) is 10.8. The first-order valence-electron chi connectivity index (χ1n) is 5.41. The minimum Gasteiger partial charge on any atom is -0.352 e. The van der Waals surface area contributed by atoms with Crippen LogP contribution in [0.5, 0.6) is 0 Å². The summed E-state index contributed by atoms with van der Waals surface area (Å²) >= 11 is 7.56. The van der Waals surface area contributed by atoms with Crippen LogP contribution in [0, 0.1) is 0 Å². The molecule has 0 radical (unpaired) electrons. The largest absolute Gasteiger partial charge is 0.352 e. The summed E-state index contributed by atoms with van der Waals surface area (Å²) in [6.07, 6.45) is 0.930. The average Bonchev–Trinajstić information content (AvgIpc) is 2.75. The van der Waals surface area contributed by atoms with Crippen LogP contribution in [0.3, 0.4) is 0 Å². The third-order valence-electron chi connectivity index (χ3n) is 2.82. The lowest BCUT2D eigenvalue weighted by atomic mass is 10.1. The zero-order valence-corrected chi connectivity index (χ0v) is 10.6. The fourth-order valence-electron chi connectivity index (χ4n) is 1.95. The highest BCUT2D eigenvalue weighted by Gasteiger charge is 2.20. The van der Waals surface area contributed by atoms with Gasteiger partial charge in [-0.25, -0.2) is 0 Å². The van der Waals surface area contributed by atoms with Crippen LogP contribution in [0.4, 0.5) is 0 Å². The lowest BCUT2D eigenvalue weighted by Crippen LogP contribution is -2.30. The van der Waals surface area contributed by atoms with Crippen molar-refractivity contribution < 1.29 is 4.79 Å². The number of thiophene rings is 1. The van der Waals surface area contributed by atoms with Crippen molar-refractivity contribution in [1.29, 1.82) is 0 Å². The molecule has 17 heavy (non-hydrogen) atoms. The first-order valence-corrected chi connectivity index (χ1v) is 6.60. The van der Waals surface area contributed by atoms with Gasteiger partial charge in [0.1, 0.15) is 0 Å². The molecule has 0 aliphatic carbocycles. The van der Waals surface area contributed by atoms with Gasteiger partial charge in [-0.1, -0.05) is 23.7 Å². The molecule has 0 fully saturated rings. The van der Waals surface area contributed by atoms with E-state index in [1.54, 1.807) is 11.3 Å². The molecule has 2 nitrogen and oxygen atoms in total. The number of nitrogens with one attached hydrogen (secondary N) is 1. The number of fused-ring (bicyclic) bond motifs is 1. The molecule has 1 aliphatic rings. The maximum absolute atomic E-state index is 11.7. The summed E-state index contributed by atoms with van der Waals surface area (Å²) in [5.74, 6) is 0.0442. The molecule has 4 heteroatoms. The Bertz CT molecular complexity index is 574. The topological polar surface area (TPSA) is 29.1 Å². The fraction of sp³-hybridized carbons (Fsp3) is 0.154. The zero-order valence-electron chi connectivity index (χ0n) is 9.00. The predicted molar refractivity (Wildman–Crippen MR) is 70.8 cm³/mol. The van der Waals surface area contributed by atoms with Crippen LogP contribution >= 0.6 is 22.9 Å². The Morgan fingerprint density at radius 1 is 1.24 bits per heavy atom. The summed E-state index contributed by atoms with van der Waals surface area (Å²) in [5.41, 5.74) is 1.94. The average molecular weight is 264 g/mol. The highest BCUT2D eigenvalue weighted by Crippen LogP contribution is 2.33. The van der Waals surface area contributed by atoms with E-state index < -0.39 is 0 Å². The molecular formula is C13H10ClNOS. The smallest absolute Gasteiger partial charge is 0.252 e. The second kappa shape index (κ2) is 4.17. The van der Waals surface area contributed by atoms with Crippen molar-refractivity contribution >= 4 is 28.8 Å².